The number of nitrogens with zero attached hydrogens (tertiary/aromatic N) is 2. The van der Waals surface area contributed by atoms with Crippen LogP contribution in [0.5, 0.6) is 0 Å². The molecular formula is C19H28N2Pt. The second-order valence-electron chi connectivity index (χ2n) is 7.44. The van der Waals surface area contributed by atoms with Gasteiger partial charge in [0.05, 0.1) is 6.20 Å². The third-order valence-electron chi connectivity index (χ3n) is 4.21. The van der Waals surface area contributed by atoms with Gasteiger partial charge in [0.2, 0.25) is 0 Å². The summed E-state index contributed by atoms with van der Waals surface area (Å²) in [6.45, 7) is 17.9. The normalized spacial score (nSPS) is 11.7. The minimum absolute atomic E-state index is 0. The first-order chi connectivity index (χ1) is 9.62. The van der Waals surface area contributed by atoms with Crippen molar-refractivity contribution in [2.24, 2.45) is 0 Å². The molecule has 0 N–H and O–H groups in total. The second-order valence-corrected chi connectivity index (χ2v) is 7.44. The topological polar surface area (TPSA) is 17.8 Å². The third-order valence-corrected chi connectivity index (χ3v) is 4.21. The first kappa shape index (κ1) is 19.2. The summed E-state index contributed by atoms with van der Waals surface area (Å²) in [6.07, 6.45) is 4.19. The number of hydrogen-bond acceptors (Lipinski definition) is 1. The van der Waals surface area contributed by atoms with Gasteiger partial charge in [0.15, 0.2) is 0 Å². The van der Waals surface area contributed by atoms with Crippen molar-refractivity contribution in [3.05, 3.63) is 40.7 Å². The Bertz CT molecular complexity index is 661. The second kappa shape index (κ2) is 6.70. The molecule has 0 aliphatic rings. The Labute approximate surface area is 149 Å². The summed E-state index contributed by atoms with van der Waals surface area (Å²) >= 11 is 0. The molecule has 2 rings (SSSR count). The Morgan fingerprint density at radius 1 is 1.05 bits per heavy atom. The zero-order valence-electron chi connectivity index (χ0n) is 15.0. The maximum Gasteiger partial charge on any atom is 0.0568 e. The van der Waals surface area contributed by atoms with E-state index in [0.29, 0.717) is 6.04 Å². The average molecular weight is 480 g/mol. The third kappa shape index (κ3) is 3.54. The Morgan fingerprint density at radius 2 is 1.64 bits per heavy atom. The van der Waals surface area contributed by atoms with Crippen molar-refractivity contribution >= 4 is 0 Å². The molecule has 2 aromatic rings. The molecule has 0 aliphatic heterocycles. The average Bonchev–Trinajstić information content (AvgIpc) is 2.81. The van der Waals surface area contributed by atoms with Crippen molar-refractivity contribution in [1.29, 1.82) is 0 Å². The summed E-state index contributed by atoms with van der Waals surface area (Å²) in [5.74, 6) is 0. The molecule has 3 heteroatoms. The van der Waals surface area contributed by atoms with E-state index in [1.54, 1.807) is 0 Å². The van der Waals surface area contributed by atoms with Gasteiger partial charge in [-0.05, 0) is 67.9 Å². The van der Waals surface area contributed by atoms with Crippen LogP contribution in [0.25, 0.3) is 11.1 Å². The molecule has 0 bridgehead atoms. The van der Waals surface area contributed by atoms with Gasteiger partial charge < -0.3 is 0 Å². The first-order valence-electron chi connectivity index (χ1n) is 7.78. The van der Waals surface area contributed by atoms with E-state index in [4.69, 9.17) is 0 Å². The van der Waals surface area contributed by atoms with E-state index in [0.717, 1.165) is 0 Å². The van der Waals surface area contributed by atoms with E-state index in [2.05, 4.69) is 72.8 Å². The molecule has 0 saturated carbocycles. The molecule has 124 valence electrons. The molecule has 0 spiro atoms. The minimum Gasteiger partial charge on any atom is -0.270 e. The largest absolute Gasteiger partial charge is 0.270 e. The van der Waals surface area contributed by atoms with Gasteiger partial charge in [0.25, 0.3) is 0 Å². The molecule has 0 radical (unpaired) electrons. The number of hydrogen-bond donors (Lipinski definition) is 0. The molecule has 0 aliphatic carbocycles. The fraction of sp³-hybridized carbons (Fsp3) is 0.526. The van der Waals surface area contributed by atoms with Crippen molar-refractivity contribution < 1.29 is 21.1 Å². The zero-order valence-corrected chi connectivity index (χ0v) is 17.3. The molecule has 0 unspecified atom stereocenters. The van der Waals surface area contributed by atoms with E-state index < -0.39 is 0 Å². The van der Waals surface area contributed by atoms with Crippen LogP contribution in [0.1, 0.15) is 62.9 Å². The van der Waals surface area contributed by atoms with Crippen LogP contribution in [0, 0.1) is 20.8 Å². The van der Waals surface area contributed by atoms with E-state index in [9.17, 15) is 0 Å². The van der Waals surface area contributed by atoms with Crippen LogP contribution in [0.2, 0.25) is 0 Å². The molecule has 1 heterocycles. The molecule has 0 fully saturated rings. The monoisotopic (exact) mass is 479 g/mol. The van der Waals surface area contributed by atoms with Gasteiger partial charge in [-0.3, -0.25) is 4.68 Å². The van der Waals surface area contributed by atoms with Crippen LogP contribution in [0.4, 0.5) is 0 Å². The molecule has 0 amide bonds. The Kier molecular flexibility index (Phi) is 5.84. The van der Waals surface area contributed by atoms with Crippen LogP contribution < -0.4 is 0 Å². The van der Waals surface area contributed by atoms with Crippen molar-refractivity contribution in [2.75, 3.05) is 0 Å². The van der Waals surface area contributed by atoms with Gasteiger partial charge >= 0.3 is 0 Å². The van der Waals surface area contributed by atoms with E-state index in [1.165, 1.54) is 33.4 Å². The summed E-state index contributed by atoms with van der Waals surface area (Å²) in [4.78, 5) is 0. The van der Waals surface area contributed by atoms with Gasteiger partial charge in [0.1, 0.15) is 0 Å². The Hall–Kier alpha value is -0.882. The van der Waals surface area contributed by atoms with Crippen molar-refractivity contribution in [1.82, 2.24) is 9.78 Å². The van der Waals surface area contributed by atoms with Gasteiger partial charge in [-0.25, -0.2) is 0 Å². The summed E-state index contributed by atoms with van der Waals surface area (Å²) in [5, 5.41) is 4.53. The fourth-order valence-electron chi connectivity index (χ4n) is 3.16. The number of aryl methyl sites for hydroxylation is 2. The molecule has 0 atom stereocenters. The van der Waals surface area contributed by atoms with Crippen molar-refractivity contribution in [3.63, 3.8) is 0 Å². The standard InChI is InChI=1S/C19H28N2.Pt/c1-12(2)21-11-16(10-20-21)17-15(5)13(3)9-14(4)18(17)19(6,7)8;/h9-12H,1-8H3;. The minimum atomic E-state index is 0. The van der Waals surface area contributed by atoms with Crippen LogP contribution in [-0.2, 0) is 26.5 Å². The number of benzene rings is 1. The maximum absolute atomic E-state index is 4.53. The summed E-state index contributed by atoms with van der Waals surface area (Å²) in [6, 6.07) is 2.70. The molecule has 0 saturated heterocycles. The van der Waals surface area contributed by atoms with E-state index in [1.807, 2.05) is 10.9 Å². The molecule has 2 nitrogen and oxygen atoms in total. The van der Waals surface area contributed by atoms with Crippen molar-refractivity contribution in [3.8, 4) is 11.1 Å². The van der Waals surface area contributed by atoms with Gasteiger partial charge in [0, 0.05) is 38.9 Å². The van der Waals surface area contributed by atoms with Gasteiger partial charge in [-0.1, -0.05) is 26.8 Å². The van der Waals surface area contributed by atoms with Crippen LogP contribution in [-0.4, -0.2) is 9.78 Å². The van der Waals surface area contributed by atoms with Gasteiger partial charge in [-0.15, -0.1) is 0 Å². The SMILES string of the molecule is Cc1cc(C)c(C(C)(C)C)c(-c2cnn(C(C)C)c2)c1C.[Pt]. The number of aromatic nitrogens is 2. The maximum atomic E-state index is 4.53. The number of rotatable bonds is 2. The summed E-state index contributed by atoms with van der Waals surface area (Å²) in [7, 11) is 0. The molecule has 22 heavy (non-hydrogen) atoms. The molecule has 1 aromatic heterocycles. The predicted octanol–water partition coefficient (Wildman–Crippen LogP) is 5.35. The first-order valence-corrected chi connectivity index (χ1v) is 7.78. The summed E-state index contributed by atoms with van der Waals surface area (Å²) in [5.41, 5.74) is 8.26. The van der Waals surface area contributed by atoms with E-state index in [-0.39, 0.29) is 26.5 Å². The predicted molar refractivity (Wildman–Crippen MR) is 91.0 cm³/mol. The molecule has 1 aromatic carbocycles. The molecular weight excluding hydrogens is 451 g/mol. The van der Waals surface area contributed by atoms with Crippen LogP contribution in [0.15, 0.2) is 18.5 Å². The Balaban J connectivity index is 0.00000242. The van der Waals surface area contributed by atoms with E-state index >= 15 is 0 Å². The zero-order chi connectivity index (χ0) is 15.9. The smallest absolute Gasteiger partial charge is 0.0568 e. The quantitative estimate of drug-likeness (QED) is 0.568. The Morgan fingerprint density at radius 3 is 2.09 bits per heavy atom. The van der Waals surface area contributed by atoms with Crippen molar-refractivity contribution in [2.45, 2.75) is 66.8 Å². The fourth-order valence-corrected chi connectivity index (χ4v) is 3.16. The van der Waals surface area contributed by atoms with Crippen LogP contribution >= 0.6 is 0 Å². The van der Waals surface area contributed by atoms with Crippen LogP contribution in [0.3, 0.4) is 0 Å². The summed E-state index contributed by atoms with van der Waals surface area (Å²) < 4.78 is 2.04. The van der Waals surface area contributed by atoms with Gasteiger partial charge in [-0.2, -0.15) is 5.10 Å².